The molecule has 0 heterocycles. The van der Waals surface area contributed by atoms with Gasteiger partial charge in [-0.1, -0.05) is 0 Å². The molecule has 0 spiro atoms. The van der Waals surface area contributed by atoms with Crippen LogP contribution in [0.15, 0.2) is 24.3 Å². The van der Waals surface area contributed by atoms with Crippen LogP contribution in [-0.2, 0) is 19.4 Å². The first-order valence-electron chi connectivity index (χ1n) is 10.1. The van der Waals surface area contributed by atoms with E-state index < -0.39 is 76.0 Å². The van der Waals surface area contributed by atoms with Gasteiger partial charge in [0.2, 0.25) is 5.91 Å². The number of sulfone groups is 1. The van der Waals surface area contributed by atoms with E-state index in [-0.39, 0.29) is 12.0 Å². The smallest absolute Gasteiger partial charge is 0.252 e. The van der Waals surface area contributed by atoms with Crippen LogP contribution in [0, 0.1) is 0 Å². The summed E-state index contributed by atoms with van der Waals surface area (Å²) in [6.07, 6.45) is -3.45. The fourth-order valence-electron chi connectivity index (χ4n) is 3.53. The molecule has 1 aromatic carbocycles. The molecule has 2 rings (SSSR count). The second-order valence-electron chi connectivity index (χ2n) is 8.15. The Labute approximate surface area is 191 Å². The number of nitrogens with two attached hydrogens (primary N) is 1. The number of nitrogens with one attached hydrogen (secondary N) is 2. The van der Waals surface area contributed by atoms with Gasteiger partial charge in [-0.15, -0.1) is 0 Å². The predicted molar refractivity (Wildman–Crippen MR) is 116 cm³/mol. The summed E-state index contributed by atoms with van der Waals surface area (Å²) in [5.41, 5.74) is 3.17. The topological polar surface area (TPSA) is 205 Å². The number of benzene rings is 1. The van der Waals surface area contributed by atoms with Crippen molar-refractivity contribution in [1.82, 2.24) is 10.6 Å². The summed E-state index contributed by atoms with van der Waals surface area (Å²) in [7, 11) is -1.98. The maximum Gasteiger partial charge on any atom is 0.252 e. The highest BCUT2D eigenvalue weighted by molar-refractivity contribution is 7.90. The number of aliphatic hydroxyl groups excluding tert-OH is 2. The lowest BCUT2D eigenvalue weighted by Gasteiger charge is -2.41. The normalized spacial score (nSPS) is 26.2. The molecular formula is C20H29N3O9S. The van der Waals surface area contributed by atoms with E-state index in [1.165, 1.54) is 19.2 Å². The summed E-state index contributed by atoms with van der Waals surface area (Å²) in [5.74, 6) is -2.63. The lowest BCUT2D eigenvalue weighted by Crippen LogP contribution is -2.64. The standard InChI is InChI=1S/C20H29N3O9S/c1-32-12-5-3-11(4-6-12)18(27)22-14-9-20(29,10-15(24)16(14)25)19(28)23-13(17(21)26)7-8-33(2,30)31/h3-6,13-16,24-25,29H,7-10H2,1-2H3,(H2,21,26)(H,22,27)(H,23,28)/t13-,14-,15+,16+,20-/m0/s1. The van der Waals surface area contributed by atoms with E-state index in [0.29, 0.717) is 5.75 Å². The van der Waals surface area contributed by atoms with Crippen molar-refractivity contribution in [2.45, 2.75) is 49.2 Å². The van der Waals surface area contributed by atoms with E-state index >= 15 is 0 Å². The Morgan fingerprint density at radius 3 is 2.33 bits per heavy atom. The minimum Gasteiger partial charge on any atom is -0.497 e. The number of hydrogen-bond acceptors (Lipinski definition) is 9. The van der Waals surface area contributed by atoms with Crippen LogP contribution in [0.1, 0.15) is 29.6 Å². The van der Waals surface area contributed by atoms with Crippen LogP contribution in [0.2, 0.25) is 0 Å². The van der Waals surface area contributed by atoms with Crippen molar-refractivity contribution in [2.24, 2.45) is 5.73 Å². The van der Waals surface area contributed by atoms with Crippen molar-refractivity contribution in [3.8, 4) is 5.75 Å². The Bertz CT molecular complexity index is 983. The molecule has 1 aliphatic carbocycles. The van der Waals surface area contributed by atoms with Gasteiger partial charge < -0.3 is 36.4 Å². The van der Waals surface area contributed by atoms with Crippen molar-refractivity contribution in [3.63, 3.8) is 0 Å². The van der Waals surface area contributed by atoms with Gasteiger partial charge >= 0.3 is 0 Å². The number of primary amides is 1. The first-order valence-corrected chi connectivity index (χ1v) is 12.1. The molecule has 33 heavy (non-hydrogen) atoms. The Balaban J connectivity index is 2.13. The molecule has 12 nitrogen and oxygen atoms in total. The lowest BCUT2D eigenvalue weighted by atomic mass is 9.77. The molecule has 7 N–H and O–H groups in total. The molecule has 0 unspecified atom stereocenters. The third-order valence-electron chi connectivity index (χ3n) is 5.43. The number of aliphatic hydroxyl groups is 3. The number of rotatable bonds is 9. The van der Waals surface area contributed by atoms with Gasteiger partial charge in [0.05, 0.1) is 25.0 Å². The maximum atomic E-state index is 12.7. The van der Waals surface area contributed by atoms with Crippen LogP contribution in [0.3, 0.4) is 0 Å². The third-order valence-corrected chi connectivity index (χ3v) is 6.41. The summed E-state index contributed by atoms with van der Waals surface area (Å²) >= 11 is 0. The summed E-state index contributed by atoms with van der Waals surface area (Å²) in [5, 5.41) is 36.1. The molecule has 0 aromatic heterocycles. The highest BCUT2D eigenvalue weighted by atomic mass is 32.2. The highest BCUT2D eigenvalue weighted by Gasteiger charge is 2.49. The molecule has 1 saturated carbocycles. The summed E-state index contributed by atoms with van der Waals surface area (Å²) < 4.78 is 27.7. The lowest BCUT2D eigenvalue weighted by molar-refractivity contribution is -0.159. The van der Waals surface area contributed by atoms with Crippen molar-refractivity contribution < 1.29 is 42.9 Å². The van der Waals surface area contributed by atoms with Gasteiger partial charge in [-0.2, -0.15) is 0 Å². The van der Waals surface area contributed by atoms with Crippen LogP contribution in [0.5, 0.6) is 5.75 Å². The van der Waals surface area contributed by atoms with Gasteiger partial charge in [0, 0.05) is 24.7 Å². The molecule has 0 radical (unpaired) electrons. The predicted octanol–water partition coefficient (Wildman–Crippen LogP) is -2.55. The molecule has 1 aliphatic rings. The fraction of sp³-hybridized carbons (Fsp3) is 0.550. The summed E-state index contributed by atoms with van der Waals surface area (Å²) in [6, 6.07) is 3.45. The Morgan fingerprint density at radius 1 is 1.21 bits per heavy atom. The van der Waals surface area contributed by atoms with Gasteiger partial charge in [-0.3, -0.25) is 14.4 Å². The van der Waals surface area contributed by atoms with E-state index in [4.69, 9.17) is 10.5 Å². The zero-order valence-electron chi connectivity index (χ0n) is 18.2. The Morgan fingerprint density at radius 2 is 1.82 bits per heavy atom. The molecule has 1 fully saturated rings. The molecule has 5 atom stereocenters. The van der Waals surface area contributed by atoms with Crippen molar-refractivity contribution in [2.75, 3.05) is 19.1 Å². The second kappa shape index (κ2) is 10.5. The van der Waals surface area contributed by atoms with Crippen LogP contribution in [-0.4, -0.2) is 90.5 Å². The average Bonchev–Trinajstić information content (AvgIpc) is 2.73. The number of amides is 3. The average molecular weight is 488 g/mol. The number of methoxy groups -OCH3 is 1. The van der Waals surface area contributed by atoms with E-state index in [1.54, 1.807) is 12.1 Å². The zero-order chi connectivity index (χ0) is 25.0. The molecule has 1 aromatic rings. The second-order valence-corrected chi connectivity index (χ2v) is 10.4. The van der Waals surface area contributed by atoms with Gasteiger partial charge in [0.1, 0.15) is 33.3 Å². The zero-order valence-corrected chi connectivity index (χ0v) is 19.0. The van der Waals surface area contributed by atoms with E-state index in [0.717, 1.165) is 6.26 Å². The minimum atomic E-state index is -3.45. The highest BCUT2D eigenvalue weighted by Crippen LogP contribution is 2.30. The van der Waals surface area contributed by atoms with Crippen LogP contribution in [0.25, 0.3) is 0 Å². The van der Waals surface area contributed by atoms with Gasteiger partial charge in [0.15, 0.2) is 0 Å². The first-order chi connectivity index (χ1) is 15.3. The Hall–Kier alpha value is -2.74. The summed E-state index contributed by atoms with van der Waals surface area (Å²) in [4.78, 5) is 36.9. The number of carbonyl (C=O) groups excluding carboxylic acids is 3. The molecular weight excluding hydrogens is 458 g/mol. The van der Waals surface area contributed by atoms with E-state index in [2.05, 4.69) is 10.6 Å². The number of hydrogen-bond donors (Lipinski definition) is 6. The van der Waals surface area contributed by atoms with Crippen LogP contribution >= 0.6 is 0 Å². The molecule has 0 saturated heterocycles. The number of ether oxygens (including phenoxy) is 1. The summed E-state index contributed by atoms with van der Waals surface area (Å²) in [6.45, 7) is 0. The number of carbonyl (C=O) groups is 3. The molecule has 13 heteroatoms. The monoisotopic (exact) mass is 487 g/mol. The molecule has 3 amide bonds. The van der Waals surface area contributed by atoms with Crippen LogP contribution in [0.4, 0.5) is 0 Å². The van der Waals surface area contributed by atoms with Gasteiger partial charge in [-0.05, 0) is 30.7 Å². The quantitative estimate of drug-likeness (QED) is 0.216. The molecule has 184 valence electrons. The first kappa shape index (κ1) is 26.5. The largest absolute Gasteiger partial charge is 0.497 e. The van der Waals surface area contributed by atoms with Crippen molar-refractivity contribution in [3.05, 3.63) is 29.8 Å². The van der Waals surface area contributed by atoms with E-state index in [9.17, 15) is 38.1 Å². The van der Waals surface area contributed by atoms with E-state index in [1.807, 2.05) is 0 Å². The van der Waals surface area contributed by atoms with Gasteiger partial charge in [0.25, 0.3) is 11.8 Å². The van der Waals surface area contributed by atoms with Gasteiger partial charge in [-0.25, -0.2) is 8.42 Å². The van der Waals surface area contributed by atoms with Crippen molar-refractivity contribution in [1.29, 1.82) is 0 Å². The molecule has 0 bridgehead atoms. The SMILES string of the molecule is COc1ccc(C(=O)N[C@H]2C[C@@](O)(C(=O)N[C@@H](CCS(C)(=O)=O)C(N)=O)C[C@@H](O)[C@@H]2O)cc1. The van der Waals surface area contributed by atoms with Crippen molar-refractivity contribution >= 4 is 27.6 Å². The molecule has 0 aliphatic heterocycles. The Kier molecular flexibility index (Phi) is 8.41. The van der Waals surface area contributed by atoms with Crippen LogP contribution < -0.4 is 21.1 Å². The third kappa shape index (κ3) is 7.12. The minimum absolute atomic E-state index is 0.214. The maximum absolute atomic E-state index is 12.7. The fourth-order valence-corrected chi connectivity index (χ4v) is 4.19.